The zero-order valence-electron chi connectivity index (χ0n) is 9.38. The number of aromatic nitrogens is 3. The van der Waals surface area contributed by atoms with Crippen LogP contribution in [-0.4, -0.2) is 21.4 Å². The Morgan fingerprint density at radius 3 is 1.94 bits per heavy atom. The number of halogens is 3. The number of hydrogen-bond acceptors (Lipinski definition) is 4. The highest BCUT2D eigenvalue weighted by molar-refractivity contribution is 7.98. The average Bonchev–Trinajstić information content (AvgIpc) is 2.14. The Bertz CT molecular complexity index is 385. The zero-order valence-corrected chi connectivity index (χ0v) is 10.2. The van der Waals surface area contributed by atoms with E-state index in [9.17, 15) is 13.2 Å². The van der Waals surface area contributed by atoms with Gasteiger partial charge in [-0.2, -0.15) is 13.2 Å². The van der Waals surface area contributed by atoms with Gasteiger partial charge in [0.1, 0.15) is 0 Å². The Labute approximate surface area is 95.9 Å². The molecule has 0 saturated heterocycles. The zero-order chi connectivity index (χ0) is 12.6. The van der Waals surface area contributed by atoms with Crippen molar-refractivity contribution in [2.24, 2.45) is 0 Å². The molecule has 1 heterocycles. The standard InChI is InChI=1S/C9H12F3N3S/c1-8(2,3)5-6(9(10,11)12)14-15-7(13-5)16-4/h1-4H3. The average molecular weight is 251 g/mol. The molecule has 1 rings (SSSR count). The highest BCUT2D eigenvalue weighted by atomic mass is 32.2. The largest absolute Gasteiger partial charge is 0.437 e. The summed E-state index contributed by atoms with van der Waals surface area (Å²) in [5.74, 6) is 0. The van der Waals surface area contributed by atoms with Gasteiger partial charge in [-0.05, 0) is 6.26 Å². The van der Waals surface area contributed by atoms with Gasteiger partial charge in [-0.3, -0.25) is 0 Å². The van der Waals surface area contributed by atoms with E-state index in [1.165, 1.54) is 11.8 Å². The predicted molar refractivity (Wildman–Crippen MR) is 55.3 cm³/mol. The quantitative estimate of drug-likeness (QED) is 0.719. The summed E-state index contributed by atoms with van der Waals surface area (Å²) < 4.78 is 38.0. The molecule has 0 spiro atoms. The SMILES string of the molecule is CSc1nnc(C(F)(F)F)c(C(C)(C)C)n1. The van der Waals surface area contributed by atoms with Crippen molar-refractivity contribution in [3.8, 4) is 0 Å². The molecule has 0 aliphatic rings. The van der Waals surface area contributed by atoms with Crippen molar-refractivity contribution < 1.29 is 13.2 Å². The van der Waals surface area contributed by atoms with Crippen molar-refractivity contribution in [3.05, 3.63) is 11.4 Å². The summed E-state index contributed by atoms with van der Waals surface area (Å²) in [6.07, 6.45) is -2.82. The van der Waals surface area contributed by atoms with Crippen molar-refractivity contribution in [3.63, 3.8) is 0 Å². The maximum atomic E-state index is 12.7. The topological polar surface area (TPSA) is 38.7 Å². The fraction of sp³-hybridized carbons (Fsp3) is 0.667. The fourth-order valence-corrected chi connectivity index (χ4v) is 1.42. The van der Waals surface area contributed by atoms with Gasteiger partial charge in [0.25, 0.3) is 0 Å². The van der Waals surface area contributed by atoms with Crippen LogP contribution < -0.4 is 0 Å². The molecule has 0 N–H and O–H groups in total. The number of thioether (sulfide) groups is 1. The van der Waals surface area contributed by atoms with Crippen LogP contribution in [-0.2, 0) is 11.6 Å². The minimum absolute atomic E-state index is 0.0700. The van der Waals surface area contributed by atoms with Crippen LogP contribution in [0.4, 0.5) is 13.2 Å². The van der Waals surface area contributed by atoms with Gasteiger partial charge in [-0.15, -0.1) is 10.2 Å². The van der Waals surface area contributed by atoms with Gasteiger partial charge in [-0.1, -0.05) is 32.5 Å². The van der Waals surface area contributed by atoms with Crippen LogP contribution in [0.25, 0.3) is 0 Å². The summed E-state index contributed by atoms with van der Waals surface area (Å²) in [5.41, 5.74) is -1.79. The van der Waals surface area contributed by atoms with Crippen LogP contribution in [0.3, 0.4) is 0 Å². The predicted octanol–water partition coefficient (Wildman–Crippen LogP) is 2.91. The first-order chi connectivity index (χ1) is 7.16. The van der Waals surface area contributed by atoms with Gasteiger partial charge in [-0.25, -0.2) is 4.98 Å². The Hall–Kier alpha value is -0.850. The number of alkyl halides is 3. The lowest BCUT2D eigenvalue weighted by Gasteiger charge is -2.21. The summed E-state index contributed by atoms with van der Waals surface area (Å²) in [6.45, 7) is 4.99. The molecular weight excluding hydrogens is 239 g/mol. The fourth-order valence-electron chi connectivity index (χ4n) is 1.11. The van der Waals surface area contributed by atoms with Crippen LogP contribution in [0, 0.1) is 0 Å². The van der Waals surface area contributed by atoms with E-state index in [4.69, 9.17) is 0 Å². The summed E-state index contributed by atoms with van der Waals surface area (Å²) in [4.78, 5) is 3.90. The molecule has 0 saturated carbocycles. The molecule has 1 aromatic rings. The van der Waals surface area contributed by atoms with Crippen LogP contribution in [0.1, 0.15) is 32.2 Å². The van der Waals surface area contributed by atoms with Crippen LogP contribution in [0.2, 0.25) is 0 Å². The molecule has 3 nitrogen and oxygen atoms in total. The van der Waals surface area contributed by atoms with Crippen LogP contribution >= 0.6 is 11.8 Å². The van der Waals surface area contributed by atoms with Crippen LogP contribution in [0.5, 0.6) is 0 Å². The maximum Gasteiger partial charge on any atom is 0.437 e. The molecule has 0 aliphatic heterocycles. The minimum atomic E-state index is -4.51. The molecule has 16 heavy (non-hydrogen) atoms. The third-order valence-electron chi connectivity index (χ3n) is 1.83. The number of hydrogen-bond donors (Lipinski definition) is 0. The summed E-state index contributed by atoms with van der Waals surface area (Å²) in [5, 5.41) is 6.90. The van der Waals surface area contributed by atoms with E-state index in [-0.39, 0.29) is 10.9 Å². The number of rotatable bonds is 1. The minimum Gasteiger partial charge on any atom is -0.223 e. The monoisotopic (exact) mass is 251 g/mol. The normalized spacial score (nSPS) is 12.9. The van der Waals surface area contributed by atoms with Gasteiger partial charge in [0, 0.05) is 5.41 Å². The molecule has 0 fully saturated rings. The smallest absolute Gasteiger partial charge is 0.223 e. The molecule has 1 aromatic heterocycles. The molecular formula is C9H12F3N3S. The van der Waals surface area contributed by atoms with E-state index < -0.39 is 17.3 Å². The van der Waals surface area contributed by atoms with E-state index in [2.05, 4.69) is 15.2 Å². The molecule has 0 aliphatic carbocycles. The number of nitrogens with zero attached hydrogens (tertiary/aromatic N) is 3. The highest BCUT2D eigenvalue weighted by Gasteiger charge is 2.40. The first kappa shape index (κ1) is 13.2. The van der Waals surface area contributed by atoms with Gasteiger partial charge >= 0.3 is 6.18 Å². The van der Waals surface area contributed by atoms with Gasteiger partial charge < -0.3 is 0 Å². The Morgan fingerprint density at radius 2 is 1.56 bits per heavy atom. The molecule has 7 heteroatoms. The second-order valence-electron chi connectivity index (χ2n) is 4.24. The Kier molecular flexibility index (Phi) is 3.47. The van der Waals surface area contributed by atoms with Gasteiger partial charge in [0.2, 0.25) is 5.16 Å². The lowest BCUT2D eigenvalue weighted by molar-refractivity contribution is -0.143. The van der Waals surface area contributed by atoms with Crippen molar-refractivity contribution in [1.82, 2.24) is 15.2 Å². The summed E-state index contributed by atoms with van der Waals surface area (Å²) in [7, 11) is 0. The first-order valence-corrected chi connectivity index (χ1v) is 5.75. The second kappa shape index (κ2) is 4.20. The van der Waals surface area contributed by atoms with E-state index in [0.29, 0.717) is 0 Å². The van der Waals surface area contributed by atoms with Crippen molar-refractivity contribution >= 4 is 11.8 Å². The van der Waals surface area contributed by atoms with E-state index >= 15 is 0 Å². The van der Waals surface area contributed by atoms with Crippen LogP contribution in [0.15, 0.2) is 5.16 Å². The molecule has 0 amide bonds. The van der Waals surface area contributed by atoms with Gasteiger partial charge in [0.05, 0.1) is 5.69 Å². The van der Waals surface area contributed by atoms with Gasteiger partial charge in [0.15, 0.2) is 5.69 Å². The van der Waals surface area contributed by atoms with E-state index in [1.54, 1.807) is 27.0 Å². The van der Waals surface area contributed by atoms with Crippen molar-refractivity contribution in [1.29, 1.82) is 0 Å². The molecule has 90 valence electrons. The molecule has 0 radical (unpaired) electrons. The van der Waals surface area contributed by atoms with E-state index in [1.807, 2.05) is 0 Å². The summed E-state index contributed by atoms with van der Waals surface area (Å²) >= 11 is 1.17. The van der Waals surface area contributed by atoms with Crippen molar-refractivity contribution in [2.45, 2.75) is 37.5 Å². The highest BCUT2D eigenvalue weighted by Crippen LogP contribution is 2.34. The Morgan fingerprint density at radius 1 is 1.00 bits per heavy atom. The van der Waals surface area contributed by atoms with Crippen molar-refractivity contribution in [2.75, 3.05) is 6.26 Å². The second-order valence-corrected chi connectivity index (χ2v) is 5.02. The third kappa shape index (κ3) is 2.84. The molecule has 0 bridgehead atoms. The molecule has 0 aromatic carbocycles. The Balaban J connectivity index is 3.40. The van der Waals surface area contributed by atoms with E-state index in [0.717, 1.165) is 0 Å². The molecule has 0 unspecified atom stereocenters. The lowest BCUT2D eigenvalue weighted by atomic mass is 9.90. The maximum absolute atomic E-state index is 12.7. The molecule has 0 atom stereocenters. The third-order valence-corrected chi connectivity index (χ3v) is 2.37. The lowest BCUT2D eigenvalue weighted by Crippen LogP contribution is -2.24. The summed E-state index contributed by atoms with van der Waals surface area (Å²) in [6, 6.07) is 0. The first-order valence-electron chi connectivity index (χ1n) is 4.52.